The highest BCUT2D eigenvalue weighted by atomic mass is 32.2. The predicted molar refractivity (Wildman–Crippen MR) is 119 cm³/mol. The number of rotatable bonds is 7. The van der Waals surface area contributed by atoms with Gasteiger partial charge in [0.1, 0.15) is 10.6 Å². The SMILES string of the molecule is COC(=O)c1cc2cc(NC(=O)C(C)NS(=O)(=O)c3ccc(OC)c(C)c3)ccc2s1. The molecule has 0 aliphatic rings. The monoisotopic (exact) mass is 462 g/mol. The first kappa shape index (κ1) is 22.7. The molecular formula is C21H22N2O6S2. The third-order valence-corrected chi connectivity index (χ3v) is 7.21. The Morgan fingerprint density at radius 1 is 1.06 bits per heavy atom. The van der Waals surface area contributed by atoms with Gasteiger partial charge in [0.25, 0.3) is 0 Å². The Morgan fingerprint density at radius 3 is 2.45 bits per heavy atom. The number of hydrogen-bond donors (Lipinski definition) is 2. The third-order valence-electron chi connectivity index (χ3n) is 4.57. The fourth-order valence-electron chi connectivity index (χ4n) is 2.95. The number of nitrogens with one attached hydrogen (secondary N) is 2. The van der Waals surface area contributed by atoms with Crippen LogP contribution in [0.2, 0.25) is 0 Å². The van der Waals surface area contributed by atoms with Crippen molar-refractivity contribution in [1.29, 1.82) is 0 Å². The molecule has 0 saturated carbocycles. The minimum atomic E-state index is -3.90. The Labute approximate surface area is 184 Å². The fourth-order valence-corrected chi connectivity index (χ4v) is 5.19. The lowest BCUT2D eigenvalue weighted by atomic mass is 10.2. The molecule has 164 valence electrons. The Bertz CT molecular complexity index is 1250. The van der Waals surface area contributed by atoms with Crippen LogP contribution < -0.4 is 14.8 Å². The molecule has 0 aliphatic carbocycles. The molecule has 31 heavy (non-hydrogen) atoms. The van der Waals surface area contributed by atoms with Gasteiger partial charge in [-0.1, -0.05) is 0 Å². The van der Waals surface area contributed by atoms with Gasteiger partial charge in [-0.15, -0.1) is 11.3 Å². The Hall–Kier alpha value is -2.95. The second-order valence-electron chi connectivity index (χ2n) is 6.82. The van der Waals surface area contributed by atoms with Crippen LogP contribution in [-0.2, 0) is 19.6 Å². The third kappa shape index (κ3) is 5.04. The van der Waals surface area contributed by atoms with Gasteiger partial charge in [0, 0.05) is 10.4 Å². The van der Waals surface area contributed by atoms with Gasteiger partial charge in [-0.3, -0.25) is 4.79 Å². The molecule has 0 fully saturated rings. The van der Waals surface area contributed by atoms with Crippen LogP contribution in [0.3, 0.4) is 0 Å². The zero-order chi connectivity index (χ0) is 22.8. The van der Waals surface area contributed by atoms with Crippen molar-refractivity contribution in [3.63, 3.8) is 0 Å². The minimum Gasteiger partial charge on any atom is -0.496 e. The first-order valence-electron chi connectivity index (χ1n) is 9.24. The maximum atomic E-state index is 12.6. The number of sulfonamides is 1. The number of methoxy groups -OCH3 is 2. The molecule has 0 bridgehead atoms. The first-order chi connectivity index (χ1) is 14.6. The smallest absolute Gasteiger partial charge is 0.348 e. The number of fused-ring (bicyclic) bond motifs is 1. The average Bonchev–Trinajstić information content (AvgIpc) is 3.16. The van der Waals surface area contributed by atoms with Gasteiger partial charge in [0.2, 0.25) is 15.9 Å². The second-order valence-corrected chi connectivity index (χ2v) is 9.62. The summed E-state index contributed by atoms with van der Waals surface area (Å²) in [7, 11) is -1.09. The summed E-state index contributed by atoms with van der Waals surface area (Å²) < 4.78 is 38.4. The molecule has 10 heteroatoms. The molecule has 0 aliphatic heterocycles. The molecule has 3 rings (SSSR count). The van der Waals surface area contributed by atoms with Gasteiger partial charge < -0.3 is 14.8 Å². The number of hydrogen-bond acceptors (Lipinski definition) is 7. The van der Waals surface area contributed by atoms with Gasteiger partial charge in [0.05, 0.1) is 25.2 Å². The van der Waals surface area contributed by atoms with Crippen molar-refractivity contribution < 1.29 is 27.5 Å². The zero-order valence-electron chi connectivity index (χ0n) is 17.4. The van der Waals surface area contributed by atoms with E-state index < -0.39 is 27.9 Å². The highest BCUT2D eigenvalue weighted by Gasteiger charge is 2.23. The molecule has 3 aromatic rings. The van der Waals surface area contributed by atoms with Crippen molar-refractivity contribution in [2.45, 2.75) is 24.8 Å². The quantitative estimate of drug-likeness (QED) is 0.521. The number of anilines is 1. The summed E-state index contributed by atoms with van der Waals surface area (Å²) in [5.41, 5.74) is 1.15. The van der Waals surface area contributed by atoms with E-state index in [2.05, 4.69) is 10.0 Å². The Balaban J connectivity index is 1.72. The van der Waals surface area contributed by atoms with Crippen LogP contribution in [0.5, 0.6) is 5.75 Å². The molecular weight excluding hydrogens is 440 g/mol. The van der Waals surface area contributed by atoms with E-state index in [9.17, 15) is 18.0 Å². The number of thiophene rings is 1. The summed E-state index contributed by atoms with van der Waals surface area (Å²) in [6.45, 7) is 3.20. The molecule has 0 saturated heterocycles. The molecule has 1 amide bonds. The predicted octanol–water partition coefficient (Wildman–Crippen LogP) is 3.31. The van der Waals surface area contributed by atoms with Gasteiger partial charge in [-0.2, -0.15) is 4.72 Å². The molecule has 1 unspecified atom stereocenters. The second kappa shape index (κ2) is 9.04. The number of amides is 1. The molecule has 1 atom stereocenters. The van der Waals surface area contributed by atoms with E-state index in [1.54, 1.807) is 37.3 Å². The summed E-state index contributed by atoms with van der Waals surface area (Å²) in [4.78, 5) is 24.7. The summed E-state index contributed by atoms with van der Waals surface area (Å²) in [6.07, 6.45) is 0. The van der Waals surface area contributed by atoms with Gasteiger partial charge in [0.15, 0.2) is 0 Å². The van der Waals surface area contributed by atoms with Crippen molar-refractivity contribution in [1.82, 2.24) is 4.72 Å². The zero-order valence-corrected chi connectivity index (χ0v) is 19.0. The van der Waals surface area contributed by atoms with E-state index in [4.69, 9.17) is 9.47 Å². The van der Waals surface area contributed by atoms with Crippen LogP contribution in [0.4, 0.5) is 5.69 Å². The van der Waals surface area contributed by atoms with Gasteiger partial charge >= 0.3 is 5.97 Å². The molecule has 1 heterocycles. The van der Waals surface area contributed by atoms with Crippen LogP contribution in [0, 0.1) is 6.92 Å². The topological polar surface area (TPSA) is 111 Å². The summed E-state index contributed by atoms with van der Waals surface area (Å²) in [5, 5.41) is 3.46. The van der Waals surface area contributed by atoms with Crippen LogP contribution >= 0.6 is 11.3 Å². The highest BCUT2D eigenvalue weighted by molar-refractivity contribution is 7.89. The van der Waals surface area contributed by atoms with Crippen LogP contribution in [-0.4, -0.2) is 40.6 Å². The lowest BCUT2D eigenvalue weighted by Gasteiger charge is -2.15. The lowest BCUT2D eigenvalue weighted by molar-refractivity contribution is -0.117. The normalized spacial score (nSPS) is 12.4. The van der Waals surface area contributed by atoms with E-state index in [-0.39, 0.29) is 4.90 Å². The molecule has 1 aromatic heterocycles. The first-order valence-corrected chi connectivity index (χ1v) is 11.5. The van der Waals surface area contributed by atoms with Crippen LogP contribution in [0.1, 0.15) is 22.2 Å². The summed E-state index contributed by atoms with van der Waals surface area (Å²) in [6, 6.07) is 10.3. The Kier molecular flexibility index (Phi) is 6.63. The minimum absolute atomic E-state index is 0.0421. The van der Waals surface area contributed by atoms with Gasteiger partial charge in [-0.25, -0.2) is 13.2 Å². The number of aryl methyl sites for hydroxylation is 1. The van der Waals surface area contributed by atoms with Crippen molar-refractivity contribution in [2.24, 2.45) is 0 Å². The van der Waals surface area contributed by atoms with E-state index in [1.807, 2.05) is 0 Å². The Morgan fingerprint density at radius 2 is 1.81 bits per heavy atom. The maximum Gasteiger partial charge on any atom is 0.348 e. The molecule has 2 N–H and O–H groups in total. The number of esters is 1. The lowest BCUT2D eigenvalue weighted by Crippen LogP contribution is -2.41. The van der Waals surface area contributed by atoms with E-state index >= 15 is 0 Å². The molecule has 0 radical (unpaired) electrons. The summed E-state index contributed by atoms with van der Waals surface area (Å²) >= 11 is 1.29. The van der Waals surface area contributed by atoms with Crippen LogP contribution in [0.15, 0.2) is 47.4 Å². The van der Waals surface area contributed by atoms with Crippen molar-refractivity contribution in [3.05, 3.63) is 52.9 Å². The van der Waals surface area contributed by atoms with E-state index in [0.29, 0.717) is 21.9 Å². The fraction of sp³-hybridized carbons (Fsp3) is 0.238. The molecule has 8 nitrogen and oxygen atoms in total. The standard InChI is InChI=1S/C21H22N2O6S2/c1-12-9-16(6-7-17(12)28-3)31(26,27)23-13(2)20(24)22-15-5-8-18-14(10-15)11-19(30-18)21(25)29-4/h5-11,13,23H,1-4H3,(H,22,24). The van der Waals surface area contributed by atoms with Crippen LogP contribution in [0.25, 0.3) is 10.1 Å². The van der Waals surface area contributed by atoms with Crippen molar-refractivity contribution in [2.75, 3.05) is 19.5 Å². The number of carbonyl (C=O) groups is 2. The summed E-state index contributed by atoms with van der Waals surface area (Å²) in [5.74, 6) is -0.371. The molecule has 2 aromatic carbocycles. The van der Waals surface area contributed by atoms with E-state index in [0.717, 1.165) is 10.1 Å². The number of ether oxygens (including phenoxy) is 2. The average molecular weight is 463 g/mol. The van der Waals surface area contributed by atoms with Crippen molar-refractivity contribution in [3.8, 4) is 5.75 Å². The van der Waals surface area contributed by atoms with E-state index in [1.165, 1.54) is 44.6 Å². The number of carbonyl (C=O) groups excluding carboxylic acids is 2. The largest absolute Gasteiger partial charge is 0.496 e. The van der Waals surface area contributed by atoms with Crippen molar-refractivity contribution >= 4 is 49.0 Å². The highest BCUT2D eigenvalue weighted by Crippen LogP contribution is 2.28. The maximum absolute atomic E-state index is 12.6. The van der Waals surface area contributed by atoms with Gasteiger partial charge in [-0.05, 0) is 67.3 Å². The number of benzene rings is 2. The molecule has 0 spiro atoms.